The van der Waals surface area contributed by atoms with Crippen LogP contribution in [-0.2, 0) is 20.8 Å². The zero-order chi connectivity index (χ0) is 22.6. The van der Waals surface area contributed by atoms with Gasteiger partial charge < -0.3 is 19.9 Å². The number of hydrogen-bond acceptors (Lipinski definition) is 5. The predicted molar refractivity (Wildman–Crippen MR) is 102 cm³/mol. The second-order valence-corrected chi connectivity index (χ2v) is 10.4. The lowest BCUT2D eigenvalue weighted by molar-refractivity contribution is -0.137. The van der Waals surface area contributed by atoms with Gasteiger partial charge in [-0.3, -0.25) is 0 Å². The Labute approximate surface area is 177 Å². The van der Waals surface area contributed by atoms with Crippen molar-refractivity contribution in [2.24, 2.45) is 0 Å². The summed E-state index contributed by atoms with van der Waals surface area (Å²) in [6, 6.07) is 2.66. The predicted octanol–water partition coefficient (Wildman–Crippen LogP) is 2.20. The Balaban J connectivity index is 1.42. The molecule has 8 nitrogen and oxygen atoms in total. The lowest BCUT2D eigenvalue weighted by Crippen LogP contribution is -2.71. The molecule has 3 aliphatic rings. The SMILES string of the molecule is CS(=O)(=O)c1cc(C(F)(F)F)ccc1C1CCN(C(=O)N2CC3(COC(=O)N3)C2)CC1. The molecule has 3 heterocycles. The van der Waals surface area contributed by atoms with Crippen LogP contribution in [0.4, 0.5) is 22.8 Å². The number of alkyl carbamates (subject to hydrolysis) is 1. The van der Waals surface area contributed by atoms with Gasteiger partial charge in [0, 0.05) is 19.3 Å². The quantitative estimate of drug-likeness (QED) is 0.729. The number of ether oxygens (including phenoxy) is 1. The maximum absolute atomic E-state index is 13.0. The molecule has 0 radical (unpaired) electrons. The zero-order valence-electron chi connectivity index (χ0n) is 16.7. The molecule has 0 aliphatic carbocycles. The number of carbonyl (C=O) groups is 2. The summed E-state index contributed by atoms with van der Waals surface area (Å²) in [6.07, 6.45) is -3.34. The van der Waals surface area contributed by atoms with Crippen molar-refractivity contribution in [1.82, 2.24) is 15.1 Å². The minimum atomic E-state index is -4.63. The Morgan fingerprint density at radius 2 is 1.84 bits per heavy atom. The molecule has 4 rings (SSSR count). The summed E-state index contributed by atoms with van der Waals surface area (Å²) in [5.41, 5.74) is -1.16. The molecule has 3 amide bonds. The third kappa shape index (κ3) is 4.17. The maximum atomic E-state index is 13.0. The topological polar surface area (TPSA) is 96.0 Å². The number of piperidine rings is 1. The number of benzene rings is 1. The highest BCUT2D eigenvalue weighted by atomic mass is 32.2. The summed E-state index contributed by atoms with van der Waals surface area (Å²) < 4.78 is 68.3. The number of hydrogen-bond donors (Lipinski definition) is 1. The van der Waals surface area contributed by atoms with Crippen LogP contribution in [0.15, 0.2) is 23.1 Å². The van der Waals surface area contributed by atoms with E-state index in [0.29, 0.717) is 50.7 Å². The van der Waals surface area contributed by atoms with Crippen LogP contribution in [0.1, 0.15) is 29.9 Å². The molecule has 1 aromatic rings. The smallest absolute Gasteiger partial charge is 0.416 e. The van der Waals surface area contributed by atoms with Crippen molar-refractivity contribution < 1.29 is 35.9 Å². The van der Waals surface area contributed by atoms with Crippen LogP contribution in [-0.4, -0.2) is 74.9 Å². The average Bonchev–Trinajstić information content (AvgIpc) is 3.07. The standard InChI is InChI=1S/C19H22F3N3O5S/c1-31(28,29)15-8-13(19(20,21)22)2-3-14(15)12-4-6-24(7-5-12)17(27)25-9-18(10-25)11-30-16(26)23-18/h2-3,8,12H,4-7,9-11H2,1H3,(H,23,26). The van der Waals surface area contributed by atoms with E-state index in [-0.39, 0.29) is 23.5 Å². The zero-order valence-corrected chi connectivity index (χ0v) is 17.6. The van der Waals surface area contributed by atoms with Crippen molar-refractivity contribution in [1.29, 1.82) is 0 Å². The molecule has 3 saturated heterocycles. The average molecular weight is 461 g/mol. The van der Waals surface area contributed by atoms with Gasteiger partial charge in [0.1, 0.15) is 12.1 Å². The van der Waals surface area contributed by atoms with Crippen molar-refractivity contribution in [2.75, 3.05) is 39.0 Å². The summed E-state index contributed by atoms with van der Waals surface area (Å²) in [7, 11) is -3.86. The van der Waals surface area contributed by atoms with E-state index in [1.807, 2.05) is 0 Å². The first kappa shape index (κ1) is 21.7. The van der Waals surface area contributed by atoms with E-state index in [9.17, 15) is 31.2 Å². The van der Waals surface area contributed by atoms with Gasteiger partial charge in [0.15, 0.2) is 9.84 Å². The van der Waals surface area contributed by atoms with Crippen molar-refractivity contribution in [3.63, 3.8) is 0 Å². The van der Waals surface area contributed by atoms with Crippen molar-refractivity contribution in [3.8, 4) is 0 Å². The van der Waals surface area contributed by atoms with E-state index in [4.69, 9.17) is 4.74 Å². The van der Waals surface area contributed by atoms with Gasteiger partial charge in [-0.15, -0.1) is 0 Å². The van der Waals surface area contributed by atoms with Crippen molar-refractivity contribution in [3.05, 3.63) is 29.3 Å². The number of likely N-dealkylation sites (tertiary alicyclic amines) is 2. The highest BCUT2D eigenvalue weighted by Crippen LogP contribution is 2.37. The molecule has 0 bridgehead atoms. The number of rotatable bonds is 2. The maximum Gasteiger partial charge on any atom is 0.416 e. The fourth-order valence-electron chi connectivity index (χ4n) is 4.43. The molecule has 1 spiro atoms. The fraction of sp³-hybridized carbons (Fsp3) is 0.579. The molecule has 12 heteroatoms. The number of amides is 3. The van der Waals surface area contributed by atoms with Crippen LogP contribution in [0, 0.1) is 0 Å². The van der Waals surface area contributed by atoms with E-state index in [1.54, 1.807) is 9.80 Å². The Morgan fingerprint density at radius 3 is 2.35 bits per heavy atom. The Bertz CT molecular complexity index is 1010. The van der Waals surface area contributed by atoms with Gasteiger partial charge in [0.2, 0.25) is 0 Å². The van der Waals surface area contributed by atoms with Gasteiger partial charge in [-0.05, 0) is 36.5 Å². The van der Waals surface area contributed by atoms with E-state index >= 15 is 0 Å². The highest BCUT2D eigenvalue weighted by molar-refractivity contribution is 7.90. The fourth-order valence-corrected chi connectivity index (χ4v) is 5.44. The lowest BCUT2D eigenvalue weighted by atomic mass is 9.88. The minimum Gasteiger partial charge on any atom is -0.447 e. The summed E-state index contributed by atoms with van der Waals surface area (Å²) in [4.78, 5) is 26.9. The lowest BCUT2D eigenvalue weighted by Gasteiger charge is -2.48. The minimum absolute atomic E-state index is 0.180. The van der Waals surface area contributed by atoms with Crippen LogP contribution in [0.3, 0.4) is 0 Å². The first-order valence-corrected chi connectivity index (χ1v) is 11.7. The molecule has 3 fully saturated rings. The Kier molecular flexibility index (Phi) is 5.10. The number of sulfone groups is 1. The van der Waals surface area contributed by atoms with Gasteiger partial charge in [-0.1, -0.05) is 6.07 Å². The number of halogens is 3. The number of alkyl halides is 3. The molecule has 0 saturated carbocycles. The van der Waals surface area contributed by atoms with Crippen LogP contribution in [0.2, 0.25) is 0 Å². The van der Waals surface area contributed by atoms with E-state index in [0.717, 1.165) is 12.3 Å². The number of carbonyl (C=O) groups excluding carboxylic acids is 2. The number of urea groups is 1. The Hall–Kier alpha value is -2.50. The first-order valence-electron chi connectivity index (χ1n) is 9.78. The summed E-state index contributed by atoms with van der Waals surface area (Å²) in [6.45, 7) is 1.66. The third-order valence-electron chi connectivity index (χ3n) is 6.05. The third-order valence-corrected chi connectivity index (χ3v) is 7.20. The molecular weight excluding hydrogens is 439 g/mol. The normalized spacial score (nSPS) is 21.6. The molecule has 1 N–H and O–H groups in total. The van der Waals surface area contributed by atoms with E-state index in [2.05, 4.69) is 5.32 Å². The molecule has 0 atom stereocenters. The van der Waals surface area contributed by atoms with Gasteiger partial charge >= 0.3 is 18.3 Å². The molecule has 3 aliphatic heterocycles. The highest BCUT2D eigenvalue weighted by Gasteiger charge is 2.52. The number of cyclic esters (lactones) is 1. The van der Waals surface area contributed by atoms with Crippen molar-refractivity contribution in [2.45, 2.75) is 35.4 Å². The molecule has 0 unspecified atom stereocenters. The van der Waals surface area contributed by atoms with Gasteiger partial charge in [-0.2, -0.15) is 13.2 Å². The van der Waals surface area contributed by atoms with Crippen molar-refractivity contribution >= 4 is 22.0 Å². The van der Waals surface area contributed by atoms with E-state index < -0.39 is 33.2 Å². The van der Waals surface area contributed by atoms with Gasteiger partial charge in [0.05, 0.1) is 23.5 Å². The van der Waals surface area contributed by atoms with Gasteiger partial charge in [-0.25, -0.2) is 18.0 Å². The van der Waals surface area contributed by atoms with Crippen LogP contribution in [0.5, 0.6) is 0 Å². The monoisotopic (exact) mass is 461 g/mol. The number of nitrogens with one attached hydrogen (secondary N) is 1. The van der Waals surface area contributed by atoms with Gasteiger partial charge in [0.25, 0.3) is 0 Å². The molecule has 170 valence electrons. The molecule has 1 aromatic carbocycles. The first-order chi connectivity index (χ1) is 14.4. The summed E-state index contributed by atoms with van der Waals surface area (Å²) in [5, 5.41) is 2.71. The molecule has 0 aromatic heterocycles. The number of nitrogens with zero attached hydrogens (tertiary/aromatic N) is 2. The van der Waals surface area contributed by atoms with Crippen LogP contribution in [0.25, 0.3) is 0 Å². The largest absolute Gasteiger partial charge is 0.447 e. The second kappa shape index (κ2) is 7.28. The summed E-state index contributed by atoms with van der Waals surface area (Å²) in [5.74, 6) is -0.263. The van der Waals surface area contributed by atoms with Crippen LogP contribution >= 0.6 is 0 Å². The van der Waals surface area contributed by atoms with Crippen LogP contribution < -0.4 is 5.32 Å². The summed E-state index contributed by atoms with van der Waals surface area (Å²) >= 11 is 0. The second-order valence-electron chi connectivity index (χ2n) is 8.40. The molecule has 31 heavy (non-hydrogen) atoms. The molecular formula is C19H22F3N3O5S. The Morgan fingerprint density at radius 1 is 1.19 bits per heavy atom. The van der Waals surface area contributed by atoms with E-state index in [1.165, 1.54) is 6.07 Å².